The molecule has 2 aromatic rings. The monoisotopic (exact) mass is 232 g/mol. The second-order valence-corrected chi connectivity index (χ2v) is 4.25. The number of H-pyrrole nitrogens is 1. The van der Waals surface area contributed by atoms with Gasteiger partial charge in [-0.1, -0.05) is 19.1 Å². The van der Waals surface area contributed by atoms with E-state index in [1.165, 1.54) is 6.42 Å². The number of nitrogens with one attached hydrogen (secondary N) is 2. The molecule has 0 radical (unpaired) electrons. The van der Waals surface area contributed by atoms with Crippen LogP contribution in [0.5, 0.6) is 0 Å². The number of aromatic amines is 1. The van der Waals surface area contributed by atoms with Crippen LogP contribution < -0.4 is 10.2 Å². The normalized spacial score (nSPS) is 10.9. The largest absolute Gasteiger partial charge is 0.344 e. The smallest absolute Gasteiger partial charge is 0.203 e. The highest BCUT2D eigenvalue weighted by atomic mass is 15.2. The molecule has 0 atom stereocenters. The van der Waals surface area contributed by atoms with Gasteiger partial charge in [0.05, 0.1) is 11.0 Å². The van der Waals surface area contributed by atoms with Gasteiger partial charge < -0.3 is 15.2 Å². The van der Waals surface area contributed by atoms with E-state index in [1.807, 2.05) is 18.2 Å². The van der Waals surface area contributed by atoms with Crippen molar-refractivity contribution in [2.45, 2.75) is 13.3 Å². The summed E-state index contributed by atoms with van der Waals surface area (Å²) in [6.45, 7) is 5.20. The van der Waals surface area contributed by atoms with Crippen molar-refractivity contribution in [3.63, 3.8) is 0 Å². The zero-order valence-electron chi connectivity index (χ0n) is 10.5. The molecule has 17 heavy (non-hydrogen) atoms. The molecule has 1 aromatic heterocycles. The molecule has 0 saturated carbocycles. The van der Waals surface area contributed by atoms with Crippen LogP contribution in [-0.2, 0) is 0 Å². The average Bonchev–Trinajstić information content (AvgIpc) is 2.78. The Bertz CT molecular complexity index is 430. The molecule has 1 heterocycles. The van der Waals surface area contributed by atoms with Gasteiger partial charge in [-0.25, -0.2) is 4.98 Å². The summed E-state index contributed by atoms with van der Waals surface area (Å²) in [6, 6.07) is 8.11. The van der Waals surface area contributed by atoms with Crippen molar-refractivity contribution in [2.24, 2.45) is 0 Å². The van der Waals surface area contributed by atoms with Gasteiger partial charge in [0.15, 0.2) is 0 Å². The number of hydrogen-bond acceptors (Lipinski definition) is 3. The molecule has 2 N–H and O–H groups in total. The fraction of sp³-hybridized carbons (Fsp3) is 0.462. The maximum atomic E-state index is 4.55. The number of likely N-dealkylation sites (N-methyl/N-ethyl adjacent to an activating group) is 1. The van der Waals surface area contributed by atoms with Gasteiger partial charge in [-0.05, 0) is 25.1 Å². The van der Waals surface area contributed by atoms with Gasteiger partial charge in [0.25, 0.3) is 0 Å². The van der Waals surface area contributed by atoms with Crippen LogP contribution in [0.1, 0.15) is 13.3 Å². The Labute approximate surface area is 102 Å². The number of anilines is 1. The molecule has 0 amide bonds. The van der Waals surface area contributed by atoms with E-state index in [4.69, 9.17) is 0 Å². The molecule has 92 valence electrons. The third-order valence-corrected chi connectivity index (χ3v) is 2.79. The van der Waals surface area contributed by atoms with Crippen LogP contribution in [0.25, 0.3) is 11.0 Å². The molecule has 0 spiro atoms. The molecule has 4 nitrogen and oxygen atoms in total. The number of fused-ring (bicyclic) bond motifs is 1. The minimum Gasteiger partial charge on any atom is -0.344 e. The molecular formula is C13H20N4. The number of nitrogens with zero attached hydrogens (tertiary/aromatic N) is 2. The fourth-order valence-corrected chi connectivity index (χ4v) is 1.77. The summed E-state index contributed by atoms with van der Waals surface area (Å²) in [5.74, 6) is 0.935. The Morgan fingerprint density at radius 3 is 2.88 bits per heavy atom. The van der Waals surface area contributed by atoms with Gasteiger partial charge in [0.1, 0.15) is 0 Å². The van der Waals surface area contributed by atoms with Gasteiger partial charge in [-0.15, -0.1) is 0 Å². The van der Waals surface area contributed by atoms with Crippen LogP contribution in [0, 0.1) is 0 Å². The molecule has 0 unspecified atom stereocenters. The van der Waals surface area contributed by atoms with E-state index in [0.29, 0.717) is 0 Å². The quantitative estimate of drug-likeness (QED) is 0.749. The minimum absolute atomic E-state index is 0.935. The lowest BCUT2D eigenvalue weighted by Crippen LogP contribution is -2.30. The highest BCUT2D eigenvalue weighted by Crippen LogP contribution is 2.15. The van der Waals surface area contributed by atoms with E-state index in [0.717, 1.165) is 36.6 Å². The Hall–Kier alpha value is -1.55. The Morgan fingerprint density at radius 2 is 2.12 bits per heavy atom. The molecule has 0 saturated heterocycles. The summed E-state index contributed by atoms with van der Waals surface area (Å²) >= 11 is 0. The van der Waals surface area contributed by atoms with Gasteiger partial charge in [0, 0.05) is 20.1 Å². The Kier molecular flexibility index (Phi) is 3.98. The summed E-state index contributed by atoms with van der Waals surface area (Å²) in [7, 11) is 2.06. The predicted molar refractivity (Wildman–Crippen MR) is 72.5 cm³/mol. The molecule has 0 fully saturated rings. The fourth-order valence-electron chi connectivity index (χ4n) is 1.77. The lowest BCUT2D eigenvalue weighted by molar-refractivity contribution is 0.662. The number of para-hydroxylation sites is 2. The van der Waals surface area contributed by atoms with E-state index in [2.05, 4.69) is 40.2 Å². The van der Waals surface area contributed by atoms with Crippen molar-refractivity contribution < 1.29 is 0 Å². The van der Waals surface area contributed by atoms with E-state index in [-0.39, 0.29) is 0 Å². The SMILES string of the molecule is CCCNCCN(C)c1nc2ccccc2[nH]1. The van der Waals surface area contributed by atoms with Crippen LogP contribution in [0.4, 0.5) is 5.95 Å². The van der Waals surface area contributed by atoms with E-state index in [1.54, 1.807) is 0 Å². The van der Waals surface area contributed by atoms with E-state index < -0.39 is 0 Å². The Balaban J connectivity index is 1.96. The van der Waals surface area contributed by atoms with Gasteiger partial charge in [-0.2, -0.15) is 0 Å². The first-order valence-corrected chi connectivity index (χ1v) is 6.18. The van der Waals surface area contributed by atoms with Crippen molar-refractivity contribution in [1.82, 2.24) is 15.3 Å². The molecular weight excluding hydrogens is 212 g/mol. The molecule has 4 heteroatoms. The van der Waals surface area contributed by atoms with Gasteiger partial charge in [0.2, 0.25) is 5.95 Å². The first-order valence-electron chi connectivity index (χ1n) is 6.18. The first-order chi connectivity index (χ1) is 8.31. The number of aromatic nitrogens is 2. The zero-order valence-corrected chi connectivity index (χ0v) is 10.5. The average molecular weight is 232 g/mol. The van der Waals surface area contributed by atoms with Gasteiger partial charge in [-0.3, -0.25) is 0 Å². The van der Waals surface area contributed by atoms with Crippen LogP contribution in [0.2, 0.25) is 0 Å². The second-order valence-electron chi connectivity index (χ2n) is 4.25. The number of hydrogen-bond donors (Lipinski definition) is 2. The maximum Gasteiger partial charge on any atom is 0.203 e. The second kappa shape index (κ2) is 5.68. The topological polar surface area (TPSA) is 44.0 Å². The van der Waals surface area contributed by atoms with E-state index in [9.17, 15) is 0 Å². The number of benzene rings is 1. The lowest BCUT2D eigenvalue weighted by atomic mass is 10.3. The van der Waals surface area contributed by atoms with Crippen LogP contribution in [0.3, 0.4) is 0 Å². The summed E-state index contributed by atoms with van der Waals surface area (Å²) in [5, 5.41) is 3.39. The summed E-state index contributed by atoms with van der Waals surface area (Å²) in [6.07, 6.45) is 1.17. The highest BCUT2D eigenvalue weighted by molar-refractivity contribution is 5.77. The summed E-state index contributed by atoms with van der Waals surface area (Å²) < 4.78 is 0. The van der Waals surface area contributed by atoms with Crippen molar-refractivity contribution in [1.29, 1.82) is 0 Å². The van der Waals surface area contributed by atoms with Gasteiger partial charge >= 0.3 is 0 Å². The molecule has 1 aromatic carbocycles. The zero-order chi connectivity index (χ0) is 12.1. The van der Waals surface area contributed by atoms with Crippen LogP contribution >= 0.6 is 0 Å². The minimum atomic E-state index is 0.935. The Morgan fingerprint density at radius 1 is 1.29 bits per heavy atom. The number of rotatable bonds is 6. The molecule has 2 rings (SSSR count). The molecule has 0 aliphatic rings. The maximum absolute atomic E-state index is 4.55. The van der Waals surface area contributed by atoms with Crippen molar-refractivity contribution in [3.8, 4) is 0 Å². The predicted octanol–water partition coefficient (Wildman–Crippen LogP) is 2.00. The van der Waals surface area contributed by atoms with Crippen molar-refractivity contribution >= 4 is 17.0 Å². The number of imidazole rings is 1. The standard InChI is InChI=1S/C13H20N4/c1-3-8-14-9-10-17(2)13-15-11-6-4-5-7-12(11)16-13/h4-7,14H,3,8-10H2,1-2H3,(H,15,16). The van der Waals surface area contributed by atoms with E-state index >= 15 is 0 Å². The third kappa shape index (κ3) is 2.97. The molecule has 0 bridgehead atoms. The van der Waals surface area contributed by atoms with Crippen molar-refractivity contribution in [3.05, 3.63) is 24.3 Å². The van der Waals surface area contributed by atoms with Crippen molar-refractivity contribution in [2.75, 3.05) is 31.6 Å². The van der Waals surface area contributed by atoms with Crippen LogP contribution in [-0.4, -0.2) is 36.6 Å². The first kappa shape index (κ1) is 11.9. The molecule has 0 aliphatic carbocycles. The highest BCUT2D eigenvalue weighted by Gasteiger charge is 2.05. The van der Waals surface area contributed by atoms with Crippen LogP contribution in [0.15, 0.2) is 24.3 Å². The third-order valence-electron chi connectivity index (χ3n) is 2.79. The lowest BCUT2D eigenvalue weighted by Gasteiger charge is -2.15. The molecule has 0 aliphatic heterocycles. The summed E-state index contributed by atoms with van der Waals surface area (Å²) in [4.78, 5) is 10.0. The summed E-state index contributed by atoms with van der Waals surface area (Å²) in [5.41, 5.74) is 2.12.